The van der Waals surface area contributed by atoms with Gasteiger partial charge in [0, 0.05) is 11.0 Å². The van der Waals surface area contributed by atoms with E-state index in [-0.39, 0.29) is 11.0 Å². The summed E-state index contributed by atoms with van der Waals surface area (Å²) in [6, 6.07) is 2.52. The first-order valence-electron chi connectivity index (χ1n) is 5.11. The third-order valence-electron chi connectivity index (χ3n) is 1.89. The molecular formula is C11H14BrClFN3. The quantitative estimate of drug-likeness (QED) is 0.659. The molecule has 0 radical (unpaired) electrons. The Morgan fingerprint density at radius 1 is 1.59 bits per heavy atom. The second-order valence-electron chi connectivity index (χ2n) is 3.99. The van der Waals surface area contributed by atoms with Gasteiger partial charge in [0.25, 0.3) is 0 Å². The van der Waals surface area contributed by atoms with Crippen LogP contribution in [0.4, 0.5) is 10.1 Å². The average Bonchev–Trinajstić information content (AvgIpc) is 2.20. The van der Waals surface area contributed by atoms with Gasteiger partial charge in [0.2, 0.25) is 0 Å². The maximum Gasteiger partial charge on any atom is 0.193 e. The van der Waals surface area contributed by atoms with Crippen LogP contribution in [0.15, 0.2) is 21.6 Å². The van der Waals surface area contributed by atoms with E-state index in [1.807, 2.05) is 13.8 Å². The molecular weight excluding hydrogens is 308 g/mol. The van der Waals surface area contributed by atoms with E-state index in [0.29, 0.717) is 22.6 Å². The van der Waals surface area contributed by atoms with Crippen LogP contribution in [0.2, 0.25) is 5.02 Å². The van der Waals surface area contributed by atoms with Crippen LogP contribution >= 0.6 is 27.5 Å². The molecule has 17 heavy (non-hydrogen) atoms. The number of nitrogens with zero attached hydrogens (tertiary/aromatic N) is 1. The van der Waals surface area contributed by atoms with Gasteiger partial charge in [-0.15, -0.1) is 0 Å². The zero-order valence-corrected chi connectivity index (χ0v) is 11.9. The summed E-state index contributed by atoms with van der Waals surface area (Å²) in [4.78, 5) is 4.13. The van der Waals surface area contributed by atoms with E-state index in [1.165, 1.54) is 12.1 Å². The molecule has 0 unspecified atom stereocenters. The molecule has 0 atom stereocenters. The number of anilines is 1. The second kappa shape index (κ2) is 6.21. The van der Waals surface area contributed by atoms with Gasteiger partial charge < -0.3 is 11.1 Å². The van der Waals surface area contributed by atoms with Crippen molar-refractivity contribution in [1.82, 2.24) is 0 Å². The Kier molecular flexibility index (Phi) is 5.21. The zero-order chi connectivity index (χ0) is 13.0. The van der Waals surface area contributed by atoms with Gasteiger partial charge in [-0.05, 0) is 34.0 Å². The Hall–Kier alpha value is -0.810. The third kappa shape index (κ3) is 4.52. The second-order valence-corrected chi connectivity index (χ2v) is 5.25. The molecule has 0 aliphatic rings. The highest BCUT2D eigenvalue weighted by Gasteiger charge is 2.08. The molecule has 94 valence electrons. The fraction of sp³-hybridized carbons (Fsp3) is 0.364. The van der Waals surface area contributed by atoms with Crippen molar-refractivity contribution in [3.8, 4) is 0 Å². The summed E-state index contributed by atoms with van der Waals surface area (Å²) < 4.78 is 13.5. The Balaban J connectivity index is 2.85. The number of hydrogen-bond donors (Lipinski definition) is 2. The fourth-order valence-corrected chi connectivity index (χ4v) is 2.01. The normalized spacial score (nSPS) is 12.0. The third-order valence-corrected chi connectivity index (χ3v) is 2.81. The fourth-order valence-electron chi connectivity index (χ4n) is 1.11. The molecule has 1 aromatic rings. The molecule has 1 rings (SSSR count). The monoisotopic (exact) mass is 321 g/mol. The van der Waals surface area contributed by atoms with Gasteiger partial charge in [-0.1, -0.05) is 25.4 Å². The predicted octanol–water partition coefficient (Wildman–Crippen LogP) is 3.62. The number of guanidine groups is 1. The van der Waals surface area contributed by atoms with Crippen molar-refractivity contribution >= 4 is 39.2 Å². The molecule has 3 nitrogen and oxygen atoms in total. The molecule has 6 heteroatoms. The van der Waals surface area contributed by atoms with E-state index in [9.17, 15) is 4.39 Å². The first kappa shape index (κ1) is 14.3. The number of nitrogens with one attached hydrogen (secondary N) is 1. The summed E-state index contributed by atoms with van der Waals surface area (Å²) in [6.45, 7) is 4.70. The number of benzene rings is 1. The van der Waals surface area contributed by atoms with Crippen LogP contribution in [0.3, 0.4) is 0 Å². The molecule has 1 aromatic carbocycles. The highest BCUT2D eigenvalue weighted by Crippen LogP contribution is 2.31. The van der Waals surface area contributed by atoms with Crippen molar-refractivity contribution in [3.05, 3.63) is 27.4 Å². The summed E-state index contributed by atoms with van der Waals surface area (Å²) in [6.07, 6.45) is 0. The lowest BCUT2D eigenvalue weighted by Crippen LogP contribution is -2.23. The molecule has 0 bridgehead atoms. The Morgan fingerprint density at radius 3 is 2.76 bits per heavy atom. The van der Waals surface area contributed by atoms with E-state index < -0.39 is 5.82 Å². The van der Waals surface area contributed by atoms with Crippen molar-refractivity contribution in [2.24, 2.45) is 16.6 Å². The van der Waals surface area contributed by atoms with Gasteiger partial charge >= 0.3 is 0 Å². The Morgan fingerprint density at radius 2 is 2.24 bits per heavy atom. The van der Waals surface area contributed by atoms with E-state index >= 15 is 0 Å². The summed E-state index contributed by atoms with van der Waals surface area (Å²) in [5, 5.41) is 3.09. The smallest absolute Gasteiger partial charge is 0.193 e. The van der Waals surface area contributed by atoms with Crippen LogP contribution in [-0.2, 0) is 0 Å². The lowest BCUT2D eigenvalue weighted by atomic mass is 10.2. The van der Waals surface area contributed by atoms with Crippen LogP contribution in [0.25, 0.3) is 0 Å². The average molecular weight is 323 g/mol. The maximum absolute atomic E-state index is 13.0. The number of nitrogens with two attached hydrogens (primary N) is 1. The molecule has 0 spiro atoms. The molecule has 0 aliphatic carbocycles. The van der Waals surface area contributed by atoms with Crippen LogP contribution in [0, 0.1) is 11.7 Å². The van der Waals surface area contributed by atoms with Gasteiger partial charge in [-0.25, -0.2) is 4.39 Å². The van der Waals surface area contributed by atoms with Crippen molar-refractivity contribution in [1.29, 1.82) is 0 Å². The van der Waals surface area contributed by atoms with Gasteiger partial charge in [0.05, 0.1) is 10.7 Å². The lowest BCUT2D eigenvalue weighted by Gasteiger charge is -2.10. The van der Waals surface area contributed by atoms with Crippen molar-refractivity contribution in [2.45, 2.75) is 13.8 Å². The van der Waals surface area contributed by atoms with Crippen molar-refractivity contribution in [3.63, 3.8) is 0 Å². The van der Waals surface area contributed by atoms with Gasteiger partial charge in [0.15, 0.2) is 5.96 Å². The minimum Gasteiger partial charge on any atom is -0.370 e. The summed E-state index contributed by atoms with van der Waals surface area (Å²) in [5.74, 6) is 0.264. The van der Waals surface area contributed by atoms with E-state index in [4.69, 9.17) is 17.3 Å². The molecule has 0 heterocycles. The topological polar surface area (TPSA) is 50.4 Å². The first-order chi connectivity index (χ1) is 7.90. The van der Waals surface area contributed by atoms with Gasteiger partial charge in [0.1, 0.15) is 5.82 Å². The lowest BCUT2D eigenvalue weighted by molar-refractivity contribution is 0.627. The van der Waals surface area contributed by atoms with Crippen LogP contribution in [0.5, 0.6) is 0 Å². The number of halogens is 3. The minimum atomic E-state index is -0.412. The number of rotatable bonds is 3. The molecule has 0 amide bonds. The summed E-state index contributed by atoms with van der Waals surface area (Å²) in [5.41, 5.74) is 6.21. The van der Waals surface area contributed by atoms with E-state index in [1.54, 1.807) is 0 Å². The number of hydrogen-bond acceptors (Lipinski definition) is 1. The highest BCUT2D eigenvalue weighted by molar-refractivity contribution is 9.10. The summed E-state index contributed by atoms with van der Waals surface area (Å²) in [7, 11) is 0. The Bertz CT molecular complexity index is 412. The zero-order valence-electron chi connectivity index (χ0n) is 9.60. The molecule has 0 aliphatic heterocycles. The number of aliphatic imine (C=N–C) groups is 1. The molecule has 0 saturated heterocycles. The molecule has 0 saturated carbocycles. The Labute approximate surface area is 113 Å². The van der Waals surface area contributed by atoms with Crippen molar-refractivity contribution in [2.75, 3.05) is 11.9 Å². The van der Waals surface area contributed by atoms with Crippen LogP contribution in [0.1, 0.15) is 13.8 Å². The van der Waals surface area contributed by atoms with E-state index in [0.717, 1.165) is 0 Å². The van der Waals surface area contributed by atoms with E-state index in [2.05, 4.69) is 26.2 Å². The first-order valence-corrected chi connectivity index (χ1v) is 6.28. The minimum absolute atomic E-state index is 0.250. The largest absolute Gasteiger partial charge is 0.370 e. The standard InChI is InChI=1S/C11H14BrClFN3/c1-6(2)5-16-11(15)17-10-8(12)3-7(14)4-9(10)13/h3-4,6H,5H2,1-2H3,(H3,15,16,17). The maximum atomic E-state index is 13.0. The van der Waals surface area contributed by atoms with Crippen LogP contribution in [-0.4, -0.2) is 12.5 Å². The van der Waals surface area contributed by atoms with Crippen LogP contribution < -0.4 is 11.1 Å². The predicted molar refractivity (Wildman–Crippen MR) is 74.1 cm³/mol. The van der Waals surface area contributed by atoms with Gasteiger partial charge in [-0.2, -0.15) is 0 Å². The molecule has 0 fully saturated rings. The SMILES string of the molecule is CC(C)CN=C(N)Nc1c(Cl)cc(F)cc1Br. The highest BCUT2D eigenvalue weighted by atomic mass is 79.9. The van der Waals surface area contributed by atoms with Crippen molar-refractivity contribution < 1.29 is 4.39 Å². The molecule has 0 aromatic heterocycles. The van der Waals surface area contributed by atoms with Gasteiger partial charge in [-0.3, -0.25) is 4.99 Å². The summed E-state index contributed by atoms with van der Waals surface area (Å²) >= 11 is 9.11. The molecule has 3 N–H and O–H groups in total.